The van der Waals surface area contributed by atoms with Crippen LogP contribution in [-0.2, 0) is 4.74 Å². The number of aryl methyl sites for hydroxylation is 1. The monoisotopic (exact) mass is 296 g/mol. The van der Waals surface area contributed by atoms with E-state index in [-0.39, 0.29) is 17.7 Å². The fourth-order valence-corrected chi connectivity index (χ4v) is 2.75. The van der Waals surface area contributed by atoms with Crippen molar-refractivity contribution in [3.8, 4) is 0 Å². The fourth-order valence-electron chi connectivity index (χ4n) is 2.48. The lowest BCUT2D eigenvalue weighted by Crippen LogP contribution is -2.47. The molecule has 1 aromatic carbocycles. The zero-order valence-corrected chi connectivity index (χ0v) is 12.9. The number of rotatable bonds is 2. The molecule has 20 heavy (non-hydrogen) atoms. The molecule has 1 fully saturated rings. The number of urea groups is 1. The summed E-state index contributed by atoms with van der Waals surface area (Å²) in [5, 5.41) is 6.37. The Kier molecular flexibility index (Phi) is 4.55. The molecule has 0 bridgehead atoms. The number of carbonyl (C=O) groups is 1. The summed E-state index contributed by atoms with van der Waals surface area (Å²) in [5.74, 6) is 0. The van der Waals surface area contributed by atoms with Gasteiger partial charge in [0, 0.05) is 12.6 Å². The van der Waals surface area contributed by atoms with Crippen molar-refractivity contribution in [1.29, 1.82) is 0 Å². The van der Waals surface area contributed by atoms with E-state index in [4.69, 9.17) is 16.3 Å². The summed E-state index contributed by atoms with van der Waals surface area (Å²) >= 11 is 6.10. The molecular weight excluding hydrogens is 276 g/mol. The number of benzene rings is 1. The van der Waals surface area contributed by atoms with E-state index < -0.39 is 0 Å². The van der Waals surface area contributed by atoms with E-state index in [1.54, 1.807) is 6.07 Å². The lowest BCUT2D eigenvalue weighted by molar-refractivity contribution is -0.0609. The van der Waals surface area contributed by atoms with Crippen LogP contribution in [0.15, 0.2) is 18.2 Å². The first-order valence-electron chi connectivity index (χ1n) is 6.84. The van der Waals surface area contributed by atoms with Crippen LogP contribution in [0.4, 0.5) is 10.5 Å². The van der Waals surface area contributed by atoms with Crippen molar-refractivity contribution >= 4 is 23.3 Å². The van der Waals surface area contributed by atoms with Gasteiger partial charge in [0.15, 0.2) is 0 Å². The number of halogens is 1. The Morgan fingerprint density at radius 2 is 2.20 bits per heavy atom. The van der Waals surface area contributed by atoms with Crippen LogP contribution >= 0.6 is 11.6 Å². The zero-order valence-electron chi connectivity index (χ0n) is 12.1. The van der Waals surface area contributed by atoms with Crippen molar-refractivity contribution in [2.24, 2.45) is 0 Å². The molecule has 4 nitrogen and oxygen atoms in total. The van der Waals surface area contributed by atoms with Crippen molar-refractivity contribution in [3.63, 3.8) is 0 Å². The molecule has 2 rings (SSSR count). The Bertz CT molecular complexity index is 482. The van der Waals surface area contributed by atoms with E-state index in [9.17, 15) is 4.79 Å². The maximum atomic E-state index is 12.1. The summed E-state index contributed by atoms with van der Waals surface area (Å²) in [6.45, 7) is 6.66. The normalized spacial score (nSPS) is 21.3. The predicted molar refractivity (Wildman–Crippen MR) is 81.4 cm³/mol. The zero-order chi connectivity index (χ0) is 14.8. The molecule has 2 amide bonds. The third-order valence-electron chi connectivity index (χ3n) is 3.49. The van der Waals surface area contributed by atoms with E-state index in [0.717, 1.165) is 18.4 Å². The van der Waals surface area contributed by atoms with Crippen LogP contribution in [0.25, 0.3) is 0 Å². The number of hydrogen-bond donors (Lipinski definition) is 2. The molecule has 0 aliphatic carbocycles. The Labute approximate surface area is 124 Å². The number of para-hydroxylation sites is 1. The molecule has 1 atom stereocenters. The second-order valence-corrected chi connectivity index (χ2v) is 6.24. The first-order chi connectivity index (χ1) is 9.37. The summed E-state index contributed by atoms with van der Waals surface area (Å²) in [5.41, 5.74) is 1.43. The first-order valence-corrected chi connectivity index (χ1v) is 7.22. The van der Waals surface area contributed by atoms with Gasteiger partial charge in [-0.3, -0.25) is 0 Å². The third kappa shape index (κ3) is 3.87. The molecule has 110 valence electrons. The van der Waals surface area contributed by atoms with Gasteiger partial charge < -0.3 is 15.4 Å². The van der Waals surface area contributed by atoms with Gasteiger partial charge in [-0.05, 0) is 45.2 Å². The number of carbonyl (C=O) groups excluding carboxylic acids is 1. The lowest BCUT2D eigenvalue weighted by Gasteiger charge is -2.35. The minimum Gasteiger partial charge on any atom is -0.375 e. The van der Waals surface area contributed by atoms with E-state index in [2.05, 4.69) is 10.6 Å². The average molecular weight is 297 g/mol. The highest BCUT2D eigenvalue weighted by Crippen LogP contribution is 2.26. The lowest BCUT2D eigenvalue weighted by atomic mass is 9.94. The van der Waals surface area contributed by atoms with Crippen molar-refractivity contribution in [1.82, 2.24) is 5.32 Å². The van der Waals surface area contributed by atoms with E-state index in [1.807, 2.05) is 32.9 Å². The number of ether oxygens (including phenoxy) is 1. The fraction of sp³-hybridized carbons (Fsp3) is 0.533. The SMILES string of the molecule is Cc1cccc(Cl)c1NC(=O)N[C@@H]1CCOC(C)(C)C1. The van der Waals surface area contributed by atoms with Gasteiger partial charge >= 0.3 is 6.03 Å². The summed E-state index contributed by atoms with van der Waals surface area (Å²) in [7, 11) is 0. The minimum atomic E-state index is -0.219. The van der Waals surface area contributed by atoms with Crippen LogP contribution in [0.3, 0.4) is 0 Å². The summed E-state index contributed by atoms with van der Waals surface area (Å²) < 4.78 is 5.64. The molecule has 5 heteroatoms. The molecule has 1 heterocycles. The standard InChI is InChI=1S/C15H21ClN2O2/c1-10-5-4-6-12(16)13(10)18-14(19)17-11-7-8-20-15(2,3)9-11/h4-6,11H,7-9H2,1-3H3,(H2,17,18,19)/t11-/m1/s1. The van der Waals surface area contributed by atoms with Gasteiger partial charge in [0.25, 0.3) is 0 Å². The highest BCUT2D eigenvalue weighted by atomic mass is 35.5. The highest BCUT2D eigenvalue weighted by Gasteiger charge is 2.29. The Hall–Kier alpha value is -1.26. The van der Waals surface area contributed by atoms with Gasteiger partial charge in [-0.25, -0.2) is 4.79 Å². The molecule has 0 aromatic heterocycles. The second kappa shape index (κ2) is 6.02. The van der Waals surface area contributed by atoms with Crippen LogP contribution in [-0.4, -0.2) is 24.3 Å². The van der Waals surface area contributed by atoms with E-state index >= 15 is 0 Å². The van der Waals surface area contributed by atoms with Crippen LogP contribution in [0, 0.1) is 6.92 Å². The van der Waals surface area contributed by atoms with Gasteiger partial charge in [-0.2, -0.15) is 0 Å². The first kappa shape index (κ1) is 15.1. The molecule has 2 N–H and O–H groups in total. The van der Waals surface area contributed by atoms with Crippen LogP contribution < -0.4 is 10.6 Å². The predicted octanol–water partition coefficient (Wildman–Crippen LogP) is 3.73. The molecule has 1 saturated heterocycles. The summed E-state index contributed by atoms with van der Waals surface area (Å²) in [4.78, 5) is 12.1. The van der Waals surface area contributed by atoms with Gasteiger partial charge in [-0.1, -0.05) is 23.7 Å². The van der Waals surface area contributed by atoms with Crippen molar-refractivity contribution in [3.05, 3.63) is 28.8 Å². The van der Waals surface area contributed by atoms with E-state index in [1.165, 1.54) is 0 Å². The molecule has 0 spiro atoms. The number of anilines is 1. The minimum absolute atomic E-state index is 0.126. The maximum Gasteiger partial charge on any atom is 0.319 e. The maximum absolute atomic E-state index is 12.1. The van der Waals surface area contributed by atoms with Crippen molar-refractivity contribution in [2.45, 2.75) is 45.3 Å². The molecule has 1 aromatic rings. The van der Waals surface area contributed by atoms with Crippen molar-refractivity contribution < 1.29 is 9.53 Å². The molecule has 0 saturated carbocycles. The second-order valence-electron chi connectivity index (χ2n) is 5.83. The Balaban J connectivity index is 1.96. The smallest absolute Gasteiger partial charge is 0.319 e. The quantitative estimate of drug-likeness (QED) is 0.874. The Morgan fingerprint density at radius 3 is 2.85 bits per heavy atom. The van der Waals surface area contributed by atoms with Gasteiger partial charge in [-0.15, -0.1) is 0 Å². The summed E-state index contributed by atoms with van der Waals surface area (Å²) in [6, 6.07) is 5.45. The van der Waals surface area contributed by atoms with Crippen LogP contribution in [0.5, 0.6) is 0 Å². The van der Waals surface area contributed by atoms with Crippen LogP contribution in [0.2, 0.25) is 5.02 Å². The van der Waals surface area contributed by atoms with Gasteiger partial charge in [0.2, 0.25) is 0 Å². The summed E-state index contributed by atoms with van der Waals surface area (Å²) in [6.07, 6.45) is 1.64. The van der Waals surface area contributed by atoms with Gasteiger partial charge in [0.1, 0.15) is 0 Å². The van der Waals surface area contributed by atoms with Crippen molar-refractivity contribution in [2.75, 3.05) is 11.9 Å². The topological polar surface area (TPSA) is 50.4 Å². The number of amides is 2. The highest BCUT2D eigenvalue weighted by molar-refractivity contribution is 6.33. The molecule has 0 unspecified atom stereocenters. The largest absolute Gasteiger partial charge is 0.375 e. The molecular formula is C15H21ClN2O2. The molecule has 1 aliphatic heterocycles. The third-order valence-corrected chi connectivity index (χ3v) is 3.81. The average Bonchev–Trinajstić information content (AvgIpc) is 2.33. The number of nitrogens with one attached hydrogen (secondary N) is 2. The Morgan fingerprint density at radius 1 is 1.45 bits per heavy atom. The van der Waals surface area contributed by atoms with Gasteiger partial charge in [0.05, 0.1) is 16.3 Å². The van der Waals surface area contributed by atoms with E-state index in [0.29, 0.717) is 17.3 Å². The number of hydrogen-bond acceptors (Lipinski definition) is 2. The molecule has 0 radical (unpaired) electrons. The van der Waals surface area contributed by atoms with Crippen LogP contribution in [0.1, 0.15) is 32.3 Å². The molecule has 1 aliphatic rings.